The molecule has 0 saturated heterocycles. The van der Waals surface area contributed by atoms with Gasteiger partial charge in [-0.25, -0.2) is 0 Å². The van der Waals surface area contributed by atoms with Crippen LogP contribution in [0.5, 0.6) is 0 Å². The summed E-state index contributed by atoms with van der Waals surface area (Å²) in [6, 6.07) is 5.77. The zero-order valence-electron chi connectivity index (χ0n) is 11.1. The van der Waals surface area contributed by atoms with Gasteiger partial charge in [-0.05, 0) is 24.0 Å². The molecule has 0 amide bonds. The highest BCUT2D eigenvalue weighted by atomic mass is 16.5. The molecular weight excluding hydrogens is 228 g/mol. The molecule has 0 radical (unpaired) electrons. The predicted molar refractivity (Wildman–Crippen MR) is 68.6 cm³/mol. The number of carbonyl (C=O) groups excluding carboxylic acids is 2. The normalized spacial score (nSPS) is 16.5. The first kappa shape index (κ1) is 12.8. The number of benzene rings is 1. The van der Waals surface area contributed by atoms with Crippen molar-refractivity contribution < 1.29 is 14.3 Å². The fraction of sp³-hybridized carbons (Fsp3) is 0.467. The Labute approximate surface area is 107 Å². The van der Waals surface area contributed by atoms with Crippen molar-refractivity contribution in [1.29, 1.82) is 0 Å². The Balaban J connectivity index is 2.26. The summed E-state index contributed by atoms with van der Waals surface area (Å²) in [4.78, 5) is 23.4. The quantitative estimate of drug-likeness (QED) is 0.770. The maximum Gasteiger partial charge on any atom is 0.305 e. The van der Waals surface area contributed by atoms with Crippen LogP contribution >= 0.6 is 0 Å². The van der Waals surface area contributed by atoms with Gasteiger partial charge in [0.15, 0.2) is 5.78 Å². The van der Waals surface area contributed by atoms with Crippen LogP contribution in [0.2, 0.25) is 0 Å². The van der Waals surface area contributed by atoms with Gasteiger partial charge in [-0.2, -0.15) is 0 Å². The molecule has 1 aromatic rings. The minimum Gasteiger partial charge on any atom is -0.469 e. The number of esters is 1. The molecule has 0 heterocycles. The predicted octanol–water partition coefficient (Wildman–Crippen LogP) is 2.56. The zero-order chi connectivity index (χ0) is 13.3. The SMILES string of the molecule is COC(=O)CCc1cccc2c1CC(C)(C)C2=O. The van der Waals surface area contributed by atoms with E-state index >= 15 is 0 Å². The van der Waals surface area contributed by atoms with Crippen molar-refractivity contribution in [3.63, 3.8) is 0 Å². The smallest absolute Gasteiger partial charge is 0.305 e. The van der Waals surface area contributed by atoms with Crippen LogP contribution in [0.15, 0.2) is 18.2 Å². The van der Waals surface area contributed by atoms with Crippen molar-refractivity contribution >= 4 is 11.8 Å². The molecule has 0 saturated carbocycles. The van der Waals surface area contributed by atoms with E-state index in [1.165, 1.54) is 7.11 Å². The van der Waals surface area contributed by atoms with Gasteiger partial charge < -0.3 is 4.74 Å². The van der Waals surface area contributed by atoms with Gasteiger partial charge in [0.25, 0.3) is 0 Å². The second-order valence-corrected chi connectivity index (χ2v) is 5.41. The number of aryl methyl sites for hydroxylation is 1. The Morgan fingerprint density at radius 1 is 1.39 bits per heavy atom. The van der Waals surface area contributed by atoms with Crippen LogP contribution in [0, 0.1) is 5.41 Å². The molecule has 3 heteroatoms. The van der Waals surface area contributed by atoms with Crippen LogP contribution in [0.25, 0.3) is 0 Å². The standard InChI is InChI=1S/C15H18O3/c1-15(2)9-12-10(7-8-13(16)18-3)5-4-6-11(12)14(15)17/h4-6H,7-9H2,1-3H3. The van der Waals surface area contributed by atoms with Crippen LogP contribution in [0.1, 0.15) is 41.8 Å². The molecule has 18 heavy (non-hydrogen) atoms. The number of hydrogen-bond donors (Lipinski definition) is 0. The van der Waals surface area contributed by atoms with E-state index in [-0.39, 0.29) is 17.2 Å². The van der Waals surface area contributed by atoms with Crippen molar-refractivity contribution in [3.8, 4) is 0 Å². The molecule has 0 spiro atoms. The maximum atomic E-state index is 12.2. The maximum absolute atomic E-state index is 12.2. The average molecular weight is 246 g/mol. The highest BCUT2D eigenvalue weighted by molar-refractivity contribution is 6.04. The van der Waals surface area contributed by atoms with E-state index in [0.717, 1.165) is 23.1 Å². The lowest BCUT2D eigenvalue weighted by molar-refractivity contribution is -0.140. The largest absolute Gasteiger partial charge is 0.469 e. The first-order valence-electron chi connectivity index (χ1n) is 6.18. The Bertz CT molecular complexity index is 500. The van der Waals surface area contributed by atoms with Crippen molar-refractivity contribution in [2.75, 3.05) is 7.11 Å². The Morgan fingerprint density at radius 2 is 2.11 bits per heavy atom. The van der Waals surface area contributed by atoms with Crippen molar-refractivity contribution in [3.05, 3.63) is 34.9 Å². The van der Waals surface area contributed by atoms with Crippen LogP contribution in [0.3, 0.4) is 0 Å². The summed E-state index contributed by atoms with van der Waals surface area (Å²) in [5.41, 5.74) is 2.71. The number of ketones is 1. The summed E-state index contributed by atoms with van der Waals surface area (Å²) >= 11 is 0. The molecule has 0 fully saturated rings. The van der Waals surface area contributed by atoms with Crippen molar-refractivity contribution in [2.45, 2.75) is 33.1 Å². The Hall–Kier alpha value is -1.64. The van der Waals surface area contributed by atoms with E-state index in [0.29, 0.717) is 12.8 Å². The van der Waals surface area contributed by atoms with Gasteiger partial charge in [0.05, 0.1) is 7.11 Å². The van der Waals surface area contributed by atoms with Crippen molar-refractivity contribution in [1.82, 2.24) is 0 Å². The van der Waals surface area contributed by atoms with Gasteiger partial charge in [-0.15, -0.1) is 0 Å². The number of methoxy groups -OCH3 is 1. The summed E-state index contributed by atoms with van der Waals surface area (Å²) in [6.45, 7) is 3.94. The van der Waals surface area contributed by atoms with Crippen LogP contribution in [0.4, 0.5) is 0 Å². The monoisotopic (exact) mass is 246 g/mol. The average Bonchev–Trinajstić information content (AvgIpc) is 2.58. The van der Waals surface area contributed by atoms with Gasteiger partial charge in [0.2, 0.25) is 0 Å². The van der Waals surface area contributed by atoms with E-state index in [1.807, 2.05) is 32.0 Å². The van der Waals surface area contributed by atoms with Gasteiger partial charge in [0.1, 0.15) is 0 Å². The molecule has 3 nitrogen and oxygen atoms in total. The third-order valence-electron chi connectivity index (χ3n) is 3.58. The molecule has 0 unspecified atom stereocenters. The number of fused-ring (bicyclic) bond motifs is 1. The van der Waals surface area contributed by atoms with E-state index in [9.17, 15) is 9.59 Å². The number of carbonyl (C=O) groups is 2. The third-order valence-corrected chi connectivity index (χ3v) is 3.58. The van der Waals surface area contributed by atoms with Crippen LogP contribution in [-0.4, -0.2) is 18.9 Å². The molecule has 2 rings (SSSR count). The van der Waals surface area contributed by atoms with Gasteiger partial charge >= 0.3 is 5.97 Å². The molecule has 1 aromatic carbocycles. The van der Waals surface area contributed by atoms with E-state index in [2.05, 4.69) is 4.74 Å². The van der Waals surface area contributed by atoms with Crippen LogP contribution < -0.4 is 0 Å². The lowest BCUT2D eigenvalue weighted by Crippen LogP contribution is -2.18. The number of ether oxygens (including phenoxy) is 1. The molecule has 0 bridgehead atoms. The first-order valence-corrected chi connectivity index (χ1v) is 6.18. The summed E-state index contributed by atoms with van der Waals surface area (Å²) < 4.78 is 4.65. The van der Waals surface area contributed by atoms with Crippen molar-refractivity contribution in [2.24, 2.45) is 5.41 Å². The molecule has 0 aliphatic heterocycles. The lowest BCUT2D eigenvalue weighted by Gasteiger charge is -2.13. The summed E-state index contributed by atoms with van der Waals surface area (Å²) in [7, 11) is 1.39. The summed E-state index contributed by atoms with van der Waals surface area (Å²) in [6.07, 6.45) is 1.76. The van der Waals surface area contributed by atoms with Gasteiger partial charge in [0, 0.05) is 17.4 Å². The van der Waals surface area contributed by atoms with Gasteiger partial charge in [-0.1, -0.05) is 32.0 Å². The number of Topliss-reactive ketones (excluding diaryl/α,β-unsaturated/α-hetero) is 1. The topological polar surface area (TPSA) is 43.4 Å². The van der Waals surface area contributed by atoms with Crippen LogP contribution in [-0.2, 0) is 22.4 Å². The van der Waals surface area contributed by atoms with E-state index in [1.54, 1.807) is 0 Å². The highest BCUT2D eigenvalue weighted by Crippen LogP contribution is 2.38. The second kappa shape index (κ2) is 4.56. The second-order valence-electron chi connectivity index (χ2n) is 5.41. The molecule has 1 aliphatic carbocycles. The minimum absolute atomic E-state index is 0.206. The molecule has 0 N–H and O–H groups in total. The third kappa shape index (κ3) is 2.17. The minimum atomic E-state index is -0.316. The fourth-order valence-corrected chi connectivity index (χ4v) is 2.52. The number of hydrogen-bond acceptors (Lipinski definition) is 3. The zero-order valence-corrected chi connectivity index (χ0v) is 11.1. The van der Waals surface area contributed by atoms with E-state index < -0.39 is 0 Å². The fourth-order valence-electron chi connectivity index (χ4n) is 2.52. The number of rotatable bonds is 3. The summed E-state index contributed by atoms with van der Waals surface area (Å²) in [5, 5.41) is 0. The molecule has 96 valence electrons. The Kier molecular flexibility index (Phi) is 3.24. The van der Waals surface area contributed by atoms with Gasteiger partial charge in [-0.3, -0.25) is 9.59 Å². The summed E-state index contributed by atoms with van der Waals surface area (Å²) in [5.74, 6) is -0.00592. The first-order chi connectivity index (χ1) is 8.45. The Morgan fingerprint density at radius 3 is 2.78 bits per heavy atom. The van der Waals surface area contributed by atoms with E-state index in [4.69, 9.17) is 0 Å². The molecule has 0 aromatic heterocycles. The molecule has 0 atom stereocenters. The lowest BCUT2D eigenvalue weighted by atomic mass is 9.88. The highest BCUT2D eigenvalue weighted by Gasteiger charge is 2.38. The molecule has 1 aliphatic rings. The molecular formula is C15H18O3.